The fourth-order valence-electron chi connectivity index (χ4n) is 2.46. The third-order valence-corrected chi connectivity index (χ3v) is 4.24. The van der Waals surface area contributed by atoms with Gasteiger partial charge in [0.25, 0.3) is 5.69 Å². The molecule has 0 aliphatic rings. The van der Waals surface area contributed by atoms with E-state index >= 15 is 0 Å². The van der Waals surface area contributed by atoms with E-state index in [1.54, 1.807) is 12.1 Å². The smallest absolute Gasteiger partial charge is 0.269 e. The molecule has 0 aromatic heterocycles. The van der Waals surface area contributed by atoms with Crippen LogP contribution in [0.3, 0.4) is 0 Å². The first-order valence-corrected chi connectivity index (χ1v) is 8.44. The molecule has 26 heavy (non-hydrogen) atoms. The molecule has 0 heterocycles. The molecule has 132 valence electrons. The van der Waals surface area contributed by atoms with E-state index in [9.17, 15) is 10.1 Å². The Bertz CT molecular complexity index is 898. The molecule has 0 radical (unpaired) electrons. The van der Waals surface area contributed by atoms with Crippen molar-refractivity contribution in [2.45, 2.75) is 13.2 Å². The number of anilines is 1. The molecule has 6 heteroatoms. The number of non-ortho nitro benzene ring substituents is 1. The Balaban J connectivity index is 1.65. The summed E-state index contributed by atoms with van der Waals surface area (Å²) in [6.45, 7) is 0.921. The van der Waals surface area contributed by atoms with Crippen LogP contribution in [0.1, 0.15) is 11.1 Å². The minimum absolute atomic E-state index is 0.0685. The fraction of sp³-hybridized carbons (Fsp3) is 0.100. The molecule has 1 N–H and O–H groups in total. The lowest BCUT2D eigenvalue weighted by atomic mass is 10.2. The van der Waals surface area contributed by atoms with Gasteiger partial charge < -0.3 is 10.1 Å². The minimum atomic E-state index is -0.415. The predicted octanol–water partition coefficient (Wildman–Crippen LogP) is 5.44. The molecule has 0 fully saturated rings. The molecule has 0 saturated carbocycles. The monoisotopic (exact) mass is 368 g/mol. The van der Waals surface area contributed by atoms with E-state index in [1.165, 1.54) is 12.1 Å². The van der Waals surface area contributed by atoms with Gasteiger partial charge >= 0.3 is 0 Å². The van der Waals surface area contributed by atoms with Crippen LogP contribution in [0.2, 0.25) is 5.02 Å². The Morgan fingerprint density at radius 2 is 1.58 bits per heavy atom. The van der Waals surface area contributed by atoms with Gasteiger partial charge in [-0.2, -0.15) is 0 Å². The molecule has 0 bridgehead atoms. The number of hydrogen-bond acceptors (Lipinski definition) is 4. The average molecular weight is 369 g/mol. The maximum absolute atomic E-state index is 10.7. The normalized spacial score (nSPS) is 10.3. The van der Waals surface area contributed by atoms with E-state index in [-0.39, 0.29) is 5.69 Å². The number of benzene rings is 3. The zero-order chi connectivity index (χ0) is 18.4. The highest BCUT2D eigenvalue weighted by Crippen LogP contribution is 2.23. The molecule has 0 unspecified atom stereocenters. The summed E-state index contributed by atoms with van der Waals surface area (Å²) in [6, 6.07) is 21.6. The van der Waals surface area contributed by atoms with Crippen LogP contribution in [-0.2, 0) is 13.2 Å². The second kappa shape index (κ2) is 8.36. The molecule has 5 nitrogen and oxygen atoms in total. The van der Waals surface area contributed by atoms with Crippen LogP contribution in [0.5, 0.6) is 5.75 Å². The van der Waals surface area contributed by atoms with Crippen LogP contribution in [0.25, 0.3) is 0 Å². The average Bonchev–Trinajstić information content (AvgIpc) is 2.66. The number of halogens is 1. The Morgan fingerprint density at radius 3 is 2.27 bits per heavy atom. The topological polar surface area (TPSA) is 64.4 Å². The van der Waals surface area contributed by atoms with E-state index in [1.807, 2.05) is 48.5 Å². The van der Waals surface area contributed by atoms with Gasteiger partial charge in [0, 0.05) is 40.5 Å². The number of rotatable bonds is 7. The van der Waals surface area contributed by atoms with E-state index in [4.69, 9.17) is 16.3 Å². The summed E-state index contributed by atoms with van der Waals surface area (Å²) in [6.07, 6.45) is 0. The van der Waals surface area contributed by atoms with Crippen molar-refractivity contribution in [3.8, 4) is 5.75 Å². The Labute approximate surface area is 156 Å². The van der Waals surface area contributed by atoms with Gasteiger partial charge in [-0.3, -0.25) is 10.1 Å². The zero-order valence-electron chi connectivity index (χ0n) is 13.9. The third kappa shape index (κ3) is 4.52. The zero-order valence-corrected chi connectivity index (χ0v) is 14.6. The molecular formula is C20H17ClN2O3. The quantitative estimate of drug-likeness (QED) is 0.445. The molecule has 3 rings (SSSR count). The summed E-state index contributed by atoms with van der Waals surface area (Å²) in [4.78, 5) is 10.3. The molecule has 3 aromatic carbocycles. The van der Waals surface area contributed by atoms with Gasteiger partial charge in [0.15, 0.2) is 0 Å². The van der Waals surface area contributed by atoms with Crippen LogP contribution < -0.4 is 10.1 Å². The minimum Gasteiger partial charge on any atom is -0.488 e. The van der Waals surface area contributed by atoms with E-state index < -0.39 is 4.92 Å². The molecule has 0 aliphatic heterocycles. The largest absolute Gasteiger partial charge is 0.488 e. The van der Waals surface area contributed by atoms with Crippen LogP contribution in [0, 0.1) is 10.1 Å². The van der Waals surface area contributed by atoms with Crippen molar-refractivity contribution < 1.29 is 9.66 Å². The Hall–Kier alpha value is -3.05. The Kier molecular flexibility index (Phi) is 5.71. The molecular weight excluding hydrogens is 352 g/mol. The maximum atomic E-state index is 10.7. The number of ether oxygens (including phenoxy) is 1. The number of nitro groups is 1. The summed E-state index contributed by atoms with van der Waals surface area (Å²) in [5, 5.41) is 14.6. The highest BCUT2D eigenvalue weighted by atomic mass is 35.5. The molecule has 0 aliphatic carbocycles. The van der Waals surface area contributed by atoms with Crippen molar-refractivity contribution >= 4 is 23.0 Å². The second-order valence-corrected chi connectivity index (χ2v) is 6.05. The molecule has 0 saturated heterocycles. The standard InChI is InChI=1S/C20H17ClN2O3/c21-19-7-3-1-6-16(19)14-26-20-8-4-2-5-15(20)13-22-17-9-11-18(12-10-17)23(24)25/h1-12,22H,13-14H2. The molecule has 3 aromatic rings. The van der Waals surface area contributed by atoms with Crippen LogP contribution >= 0.6 is 11.6 Å². The number of nitro benzene ring substituents is 1. The highest BCUT2D eigenvalue weighted by molar-refractivity contribution is 6.31. The first-order valence-electron chi connectivity index (χ1n) is 8.06. The summed E-state index contributed by atoms with van der Waals surface area (Å²) >= 11 is 6.17. The first-order chi connectivity index (χ1) is 12.6. The lowest BCUT2D eigenvalue weighted by Crippen LogP contribution is -2.04. The van der Waals surface area contributed by atoms with Crippen molar-refractivity contribution in [1.29, 1.82) is 0 Å². The van der Waals surface area contributed by atoms with Gasteiger partial charge in [-0.15, -0.1) is 0 Å². The van der Waals surface area contributed by atoms with E-state index in [2.05, 4.69) is 5.32 Å². The summed E-state index contributed by atoms with van der Waals surface area (Å²) < 4.78 is 5.93. The van der Waals surface area contributed by atoms with E-state index in [0.717, 1.165) is 22.6 Å². The van der Waals surface area contributed by atoms with Crippen molar-refractivity contribution in [3.05, 3.63) is 99.1 Å². The summed E-state index contributed by atoms with van der Waals surface area (Å²) in [7, 11) is 0. The molecule has 0 spiro atoms. The van der Waals surface area contributed by atoms with Gasteiger partial charge in [-0.25, -0.2) is 0 Å². The summed E-state index contributed by atoms with van der Waals surface area (Å²) in [5.74, 6) is 0.766. The van der Waals surface area contributed by atoms with Crippen molar-refractivity contribution in [3.63, 3.8) is 0 Å². The molecule has 0 amide bonds. The highest BCUT2D eigenvalue weighted by Gasteiger charge is 2.07. The van der Waals surface area contributed by atoms with Gasteiger partial charge in [0.2, 0.25) is 0 Å². The predicted molar refractivity (Wildman–Crippen MR) is 103 cm³/mol. The number of para-hydroxylation sites is 1. The maximum Gasteiger partial charge on any atom is 0.269 e. The van der Waals surface area contributed by atoms with Gasteiger partial charge in [0.1, 0.15) is 12.4 Å². The first kappa shape index (κ1) is 17.8. The van der Waals surface area contributed by atoms with Crippen LogP contribution in [0.4, 0.5) is 11.4 Å². The lowest BCUT2D eigenvalue weighted by molar-refractivity contribution is -0.384. The van der Waals surface area contributed by atoms with Crippen LogP contribution in [-0.4, -0.2) is 4.92 Å². The van der Waals surface area contributed by atoms with Gasteiger partial charge in [-0.05, 0) is 24.3 Å². The van der Waals surface area contributed by atoms with Crippen molar-refractivity contribution in [1.82, 2.24) is 0 Å². The van der Waals surface area contributed by atoms with Gasteiger partial charge in [-0.1, -0.05) is 48.0 Å². The second-order valence-electron chi connectivity index (χ2n) is 5.65. The van der Waals surface area contributed by atoms with Gasteiger partial charge in [0.05, 0.1) is 4.92 Å². The Morgan fingerprint density at radius 1 is 0.923 bits per heavy atom. The number of nitrogens with zero attached hydrogens (tertiary/aromatic N) is 1. The SMILES string of the molecule is O=[N+]([O-])c1ccc(NCc2ccccc2OCc2ccccc2Cl)cc1. The number of nitrogens with one attached hydrogen (secondary N) is 1. The lowest BCUT2D eigenvalue weighted by Gasteiger charge is -2.13. The van der Waals surface area contributed by atoms with E-state index in [0.29, 0.717) is 18.2 Å². The summed E-state index contributed by atoms with van der Waals surface area (Å²) in [5.41, 5.74) is 2.78. The van der Waals surface area contributed by atoms with Crippen molar-refractivity contribution in [2.24, 2.45) is 0 Å². The molecule has 0 atom stereocenters. The number of hydrogen-bond donors (Lipinski definition) is 1. The van der Waals surface area contributed by atoms with Crippen molar-refractivity contribution in [2.75, 3.05) is 5.32 Å². The fourth-order valence-corrected chi connectivity index (χ4v) is 2.65. The van der Waals surface area contributed by atoms with Crippen LogP contribution in [0.15, 0.2) is 72.8 Å². The third-order valence-electron chi connectivity index (χ3n) is 3.87.